The van der Waals surface area contributed by atoms with Gasteiger partial charge in [-0.25, -0.2) is 0 Å². The Bertz CT molecular complexity index is 237. The number of carbonyl (C=O) groups is 2. The summed E-state index contributed by atoms with van der Waals surface area (Å²) < 4.78 is 9.48. The Hall–Kier alpha value is -0.810. The highest BCUT2D eigenvalue weighted by Crippen LogP contribution is 2.09. The second-order valence-electron chi connectivity index (χ2n) is 4.25. The quantitative estimate of drug-likeness (QED) is 0.757. The van der Waals surface area contributed by atoms with Crippen LogP contribution in [0.4, 0.5) is 0 Å². The lowest BCUT2D eigenvalue weighted by atomic mass is 10.1. The van der Waals surface area contributed by atoms with E-state index < -0.39 is 17.6 Å². The van der Waals surface area contributed by atoms with Crippen LogP contribution in [0.2, 0.25) is 0 Å². The van der Waals surface area contributed by atoms with E-state index in [2.05, 4.69) is 4.74 Å². The molecule has 1 atom stereocenters. The van der Waals surface area contributed by atoms with Crippen molar-refractivity contribution in [2.45, 2.75) is 45.3 Å². The molecule has 16 heavy (non-hydrogen) atoms. The van der Waals surface area contributed by atoms with Gasteiger partial charge in [-0.3, -0.25) is 9.59 Å². The van der Waals surface area contributed by atoms with E-state index in [4.69, 9.17) is 10.5 Å². The minimum atomic E-state index is -0.775. The number of hydrogen-bond acceptors (Lipinski definition) is 5. The lowest BCUT2D eigenvalue weighted by molar-refractivity contribution is -0.156. The number of hydrogen-bond donors (Lipinski definition) is 1. The molecule has 96 valence electrons. The number of ether oxygens (including phenoxy) is 2. The van der Waals surface area contributed by atoms with Crippen LogP contribution in [-0.4, -0.2) is 30.7 Å². The molecule has 0 aliphatic rings. The van der Waals surface area contributed by atoms with Crippen LogP contribution in [0.3, 0.4) is 0 Å². The molecule has 6 heteroatoms. The van der Waals surface area contributed by atoms with Gasteiger partial charge in [-0.1, -0.05) is 0 Å². The van der Waals surface area contributed by atoms with Crippen LogP contribution < -0.4 is 5.73 Å². The van der Waals surface area contributed by atoms with Crippen molar-refractivity contribution in [1.82, 2.24) is 0 Å². The maximum absolute atomic E-state index is 11.4. The SMILES string of the molecule is COC(=O)CC[C@@H](N)C(=O)OC(C)(C)C.Cl. The van der Waals surface area contributed by atoms with Gasteiger partial charge in [-0.05, 0) is 27.2 Å². The van der Waals surface area contributed by atoms with E-state index in [9.17, 15) is 9.59 Å². The predicted octanol–water partition coefficient (Wildman–Crippen LogP) is 1.03. The Morgan fingerprint density at radius 3 is 2.19 bits per heavy atom. The van der Waals surface area contributed by atoms with Gasteiger partial charge < -0.3 is 15.2 Å². The molecule has 5 nitrogen and oxygen atoms in total. The lowest BCUT2D eigenvalue weighted by Gasteiger charge is -2.21. The fourth-order valence-electron chi connectivity index (χ4n) is 0.871. The smallest absolute Gasteiger partial charge is 0.323 e. The van der Waals surface area contributed by atoms with E-state index in [1.165, 1.54) is 7.11 Å². The molecular formula is C10H20ClNO4. The first-order valence-corrected chi connectivity index (χ1v) is 4.81. The van der Waals surface area contributed by atoms with Gasteiger partial charge >= 0.3 is 11.9 Å². The Morgan fingerprint density at radius 2 is 1.81 bits per heavy atom. The van der Waals surface area contributed by atoms with E-state index in [0.717, 1.165) is 0 Å². The molecule has 0 rings (SSSR count). The number of nitrogens with two attached hydrogens (primary N) is 1. The van der Waals surface area contributed by atoms with Crippen LogP contribution in [0.25, 0.3) is 0 Å². The molecule has 0 aromatic heterocycles. The van der Waals surface area contributed by atoms with Crippen molar-refractivity contribution in [2.75, 3.05) is 7.11 Å². The molecule has 2 N–H and O–H groups in total. The molecule has 0 bridgehead atoms. The molecule has 0 saturated carbocycles. The molecule has 0 heterocycles. The summed E-state index contributed by atoms with van der Waals surface area (Å²) in [4.78, 5) is 22.2. The zero-order valence-corrected chi connectivity index (χ0v) is 10.9. The van der Waals surface area contributed by atoms with Gasteiger partial charge in [0.1, 0.15) is 11.6 Å². The molecular weight excluding hydrogens is 234 g/mol. The van der Waals surface area contributed by atoms with Gasteiger partial charge in [0.15, 0.2) is 0 Å². The summed E-state index contributed by atoms with van der Waals surface area (Å²) in [6, 6.07) is -0.775. The van der Waals surface area contributed by atoms with Crippen molar-refractivity contribution in [3.63, 3.8) is 0 Å². The first kappa shape index (κ1) is 17.6. The van der Waals surface area contributed by atoms with Crippen molar-refractivity contribution in [3.05, 3.63) is 0 Å². The summed E-state index contributed by atoms with van der Waals surface area (Å²) in [6.45, 7) is 5.29. The third kappa shape index (κ3) is 8.49. The Labute approximate surface area is 102 Å². The maximum atomic E-state index is 11.4. The number of esters is 2. The van der Waals surface area contributed by atoms with E-state index in [0.29, 0.717) is 0 Å². The summed E-state index contributed by atoms with van der Waals surface area (Å²) in [6.07, 6.45) is 0.360. The second kappa shape index (κ2) is 7.46. The molecule has 0 unspecified atom stereocenters. The van der Waals surface area contributed by atoms with Gasteiger partial charge in [-0.15, -0.1) is 12.4 Å². The zero-order chi connectivity index (χ0) is 12.1. The highest BCUT2D eigenvalue weighted by Gasteiger charge is 2.22. The fraction of sp³-hybridized carbons (Fsp3) is 0.800. The van der Waals surface area contributed by atoms with Gasteiger partial charge in [-0.2, -0.15) is 0 Å². The van der Waals surface area contributed by atoms with E-state index in [1.807, 2.05) is 0 Å². The minimum Gasteiger partial charge on any atom is -0.469 e. The second-order valence-corrected chi connectivity index (χ2v) is 4.25. The highest BCUT2D eigenvalue weighted by atomic mass is 35.5. The number of halogens is 1. The van der Waals surface area contributed by atoms with E-state index in [1.54, 1.807) is 20.8 Å². The Kier molecular flexibility index (Phi) is 8.20. The Morgan fingerprint density at radius 1 is 1.31 bits per heavy atom. The van der Waals surface area contributed by atoms with Crippen molar-refractivity contribution < 1.29 is 19.1 Å². The summed E-state index contributed by atoms with van der Waals surface area (Å²) in [5.41, 5.74) is 4.99. The van der Waals surface area contributed by atoms with Gasteiger partial charge in [0, 0.05) is 6.42 Å². The van der Waals surface area contributed by atoms with Crippen LogP contribution in [0.5, 0.6) is 0 Å². The van der Waals surface area contributed by atoms with Crippen LogP contribution in [0, 0.1) is 0 Å². The Balaban J connectivity index is 0. The number of rotatable bonds is 4. The van der Waals surface area contributed by atoms with Crippen LogP contribution in [0.15, 0.2) is 0 Å². The molecule has 0 radical (unpaired) electrons. The average Bonchev–Trinajstić information content (AvgIpc) is 2.10. The zero-order valence-electron chi connectivity index (χ0n) is 10.1. The third-order valence-corrected chi connectivity index (χ3v) is 1.60. The molecule has 0 aromatic carbocycles. The molecule has 0 aliphatic carbocycles. The molecule has 0 spiro atoms. The third-order valence-electron chi connectivity index (χ3n) is 1.60. The number of carbonyl (C=O) groups excluding carboxylic acids is 2. The fourth-order valence-corrected chi connectivity index (χ4v) is 0.871. The first-order valence-electron chi connectivity index (χ1n) is 4.81. The standard InChI is InChI=1S/C10H19NO4.ClH/c1-10(2,3)15-9(13)7(11)5-6-8(12)14-4;/h7H,5-6,11H2,1-4H3;1H/t7-;/m1./s1. The summed E-state index contributed by atoms with van der Waals surface area (Å²) in [5.74, 6) is -0.875. The summed E-state index contributed by atoms with van der Waals surface area (Å²) in [5, 5.41) is 0. The first-order chi connectivity index (χ1) is 6.76. The van der Waals surface area contributed by atoms with Crippen LogP contribution in [-0.2, 0) is 19.1 Å². The monoisotopic (exact) mass is 253 g/mol. The van der Waals surface area contributed by atoms with Gasteiger partial charge in [0.2, 0.25) is 0 Å². The molecule has 0 amide bonds. The topological polar surface area (TPSA) is 78.6 Å². The summed E-state index contributed by atoms with van der Waals surface area (Å²) in [7, 11) is 1.29. The highest BCUT2D eigenvalue weighted by molar-refractivity contribution is 5.85. The van der Waals surface area contributed by atoms with Crippen LogP contribution in [0.1, 0.15) is 33.6 Å². The van der Waals surface area contributed by atoms with E-state index >= 15 is 0 Å². The lowest BCUT2D eigenvalue weighted by Crippen LogP contribution is -2.37. The molecule has 0 aliphatic heterocycles. The summed E-state index contributed by atoms with van der Waals surface area (Å²) >= 11 is 0. The number of methoxy groups -OCH3 is 1. The molecule has 0 saturated heterocycles. The average molecular weight is 254 g/mol. The minimum absolute atomic E-state index is 0. The maximum Gasteiger partial charge on any atom is 0.323 e. The van der Waals surface area contributed by atoms with Crippen molar-refractivity contribution in [1.29, 1.82) is 0 Å². The van der Waals surface area contributed by atoms with Crippen molar-refractivity contribution >= 4 is 24.3 Å². The van der Waals surface area contributed by atoms with Gasteiger partial charge in [0.25, 0.3) is 0 Å². The van der Waals surface area contributed by atoms with Gasteiger partial charge in [0.05, 0.1) is 7.11 Å². The largest absolute Gasteiger partial charge is 0.469 e. The van der Waals surface area contributed by atoms with Crippen LogP contribution >= 0.6 is 12.4 Å². The molecule has 0 aromatic rings. The molecule has 0 fully saturated rings. The van der Waals surface area contributed by atoms with Crippen molar-refractivity contribution in [2.24, 2.45) is 5.73 Å². The normalized spacial score (nSPS) is 12.3. The predicted molar refractivity (Wildman–Crippen MR) is 62.3 cm³/mol. The van der Waals surface area contributed by atoms with E-state index in [-0.39, 0.29) is 31.2 Å². The van der Waals surface area contributed by atoms with Crippen molar-refractivity contribution in [3.8, 4) is 0 Å².